The Labute approximate surface area is 97.5 Å². The van der Waals surface area contributed by atoms with Crippen LogP contribution in [0, 0.1) is 0 Å². The zero-order valence-corrected chi connectivity index (χ0v) is 9.48. The number of oxazole rings is 1. The molecular formula is C12H13N3O2. The van der Waals surface area contributed by atoms with E-state index in [9.17, 15) is 4.79 Å². The van der Waals surface area contributed by atoms with Crippen LogP contribution < -0.4 is 5.56 Å². The molecule has 3 heterocycles. The summed E-state index contributed by atoms with van der Waals surface area (Å²) in [6.45, 7) is 0.767. The van der Waals surface area contributed by atoms with E-state index in [-0.39, 0.29) is 5.56 Å². The molecule has 0 spiro atoms. The second-order valence-corrected chi connectivity index (χ2v) is 4.92. The average Bonchev–Trinajstić information content (AvgIpc) is 3.11. The first-order valence-corrected chi connectivity index (χ1v) is 6.23. The van der Waals surface area contributed by atoms with Gasteiger partial charge in [-0.25, -0.2) is 4.98 Å². The van der Waals surface area contributed by atoms with Crippen LogP contribution in [0.5, 0.6) is 0 Å². The van der Waals surface area contributed by atoms with Crippen molar-refractivity contribution in [2.75, 3.05) is 0 Å². The van der Waals surface area contributed by atoms with Gasteiger partial charge in [0.15, 0.2) is 5.52 Å². The lowest BCUT2D eigenvalue weighted by atomic mass is 10.1. The molecule has 5 heteroatoms. The smallest absolute Gasteiger partial charge is 0.283 e. The van der Waals surface area contributed by atoms with Gasteiger partial charge >= 0.3 is 0 Å². The van der Waals surface area contributed by atoms with Gasteiger partial charge in [0.05, 0.1) is 0 Å². The highest BCUT2D eigenvalue weighted by Crippen LogP contribution is 2.40. The molecule has 1 aliphatic heterocycles. The van der Waals surface area contributed by atoms with Crippen LogP contribution in [0.2, 0.25) is 0 Å². The summed E-state index contributed by atoms with van der Waals surface area (Å²) in [5.41, 5.74) is 0.822. The molecule has 0 aromatic carbocycles. The van der Waals surface area contributed by atoms with Crippen LogP contribution in [-0.4, -0.2) is 14.5 Å². The largest absolute Gasteiger partial charge is 0.422 e. The Hall–Kier alpha value is -1.65. The minimum absolute atomic E-state index is 0.0275. The fraction of sp³-hybridized carbons (Fsp3) is 0.583. The van der Waals surface area contributed by atoms with E-state index in [1.807, 2.05) is 0 Å². The first-order valence-electron chi connectivity index (χ1n) is 6.23. The zero-order chi connectivity index (χ0) is 11.4. The van der Waals surface area contributed by atoms with Crippen LogP contribution in [0.1, 0.15) is 43.3 Å². The summed E-state index contributed by atoms with van der Waals surface area (Å²) >= 11 is 0. The predicted molar refractivity (Wildman–Crippen MR) is 61.0 cm³/mol. The number of rotatable bonds is 1. The molecular weight excluding hydrogens is 218 g/mol. The average molecular weight is 231 g/mol. The fourth-order valence-corrected chi connectivity index (χ4v) is 2.45. The van der Waals surface area contributed by atoms with E-state index in [0.29, 0.717) is 23.0 Å². The van der Waals surface area contributed by atoms with Crippen molar-refractivity contribution in [3.8, 4) is 0 Å². The monoisotopic (exact) mass is 231 g/mol. The Bertz CT molecular complexity index is 652. The van der Waals surface area contributed by atoms with Gasteiger partial charge in [0, 0.05) is 18.9 Å². The Morgan fingerprint density at radius 3 is 2.94 bits per heavy atom. The molecule has 17 heavy (non-hydrogen) atoms. The molecule has 1 aliphatic carbocycles. The maximum Gasteiger partial charge on any atom is 0.283 e. The van der Waals surface area contributed by atoms with Gasteiger partial charge in [0.25, 0.3) is 11.3 Å². The van der Waals surface area contributed by atoms with E-state index in [2.05, 4.69) is 9.97 Å². The third-order valence-electron chi connectivity index (χ3n) is 3.57. The van der Waals surface area contributed by atoms with E-state index >= 15 is 0 Å². The molecule has 2 aliphatic rings. The maximum absolute atomic E-state index is 12.2. The summed E-state index contributed by atoms with van der Waals surface area (Å²) in [4.78, 5) is 21.0. The van der Waals surface area contributed by atoms with Gasteiger partial charge < -0.3 is 4.42 Å². The fourth-order valence-electron chi connectivity index (χ4n) is 2.45. The molecule has 0 amide bonds. The summed E-state index contributed by atoms with van der Waals surface area (Å²) in [5.74, 6) is 1.98. The van der Waals surface area contributed by atoms with E-state index in [0.717, 1.165) is 44.5 Å². The normalized spacial score (nSPS) is 19.5. The van der Waals surface area contributed by atoms with Crippen molar-refractivity contribution in [3.63, 3.8) is 0 Å². The molecule has 1 fully saturated rings. The van der Waals surface area contributed by atoms with Crippen LogP contribution in [0.3, 0.4) is 0 Å². The Balaban J connectivity index is 1.99. The third kappa shape index (κ3) is 1.34. The molecule has 0 unspecified atom stereocenters. The van der Waals surface area contributed by atoms with E-state index in [4.69, 9.17) is 4.42 Å². The number of aromatic nitrogens is 3. The van der Waals surface area contributed by atoms with Gasteiger partial charge in [0.2, 0.25) is 5.89 Å². The van der Waals surface area contributed by atoms with Crippen LogP contribution in [0.15, 0.2) is 9.21 Å². The van der Waals surface area contributed by atoms with Crippen LogP contribution >= 0.6 is 0 Å². The number of nitrogens with zero attached hydrogens (tertiary/aromatic N) is 3. The van der Waals surface area contributed by atoms with Gasteiger partial charge in [-0.1, -0.05) is 0 Å². The Morgan fingerprint density at radius 2 is 2.12 bits per heavy atom. The summed E-state index contributed by atoms with van der Waals surface area (Å²) in [5, 5.41) is 0. The van der Waals surface area contributed by atoms with E-state index in [1.165, 1.54) is 0 Å². The van der Waals surface area contributed by atoms with E-state index < -0.39 is 0 Å². The molecule has 4 rings (SSSR count). The summed E-state index contributed by atoms with van der Waals surface area (Å²) in [6.07, 6.45) is 5.25. The van der Waals surface area contributed by atoms with Crippen molar-refractivity contribution in [2.45, 2.75) is 44.6 Å². The molecule has 0 atom stereocenters. The van der Waals surface area contributed by atoms with E-state index in [1.54, 1.807) is 4.57 Å². The van der Waals surface area contributed by atoms with Gasteiger partial charge in [0.1, 0.15) is 5.82 Å². The second-order valence-electron chi connectivity index (χ2n) is 4.92. The van der Waals surface area contributed by atoms with Gasteiger partial charge in [-0.15, -0.1) is 0 Å². The number of hydrogen-bond acceptors (Lipinski definition) is 4. The van der Waals surface area contributed by atoms with Crippen LogP contribution in [-0.2, 0) is 13.0 Å². The molecule has 5 nitrogen and oxygen atoms in total. The molecule has 0 radical (unpaired) electrons. The van der Waals surface area contributed by atoms with Crippen molar-refractivity contribution in [1.82, 2.24) is 14.5 Å². The maximum atomic E-state index is 12.2. The second kappa shape index (κ2) is 3.18. The third-order valence-corrected chi connectivity index (χ3v) is 3.57. The molecule has 0 bridgehead atoms. The first kappa shape index (κ1) is 9.39. The molecule has 1 saturated carbocycles. The van der Waals surface area contributed by atoms with Crippen molar-refractivity contribution >= 4 is 11.2 Å². The van der Waals surface area contributed by atoms with Gasteiger partial charge in [-0.05, 0) is 25.7 Å². The van der Waals surface area contributed by atoms with Crippen LogP contribution in [0.25, 0.3) is 11.2 Å². The van der Waals surface area contributed by atoms with Gasteiger partial charge in [-0.2, -0.15) is 4.98 Å². The number of hydrogen-bond donors (Lipinski definition) is 0. The zero-order valence-electron chi connectivity index (χ0n) is 9.48. The summed E-state index contributed by atoms with van der Waals surface area (Å²) in [6, 6.07) is 0. The lowest BCUT2D eigenvalue weighted by Gasteiger charge is -2.15. The quantitative estimate of drug-likeness (QED) is 0.747. The summed E-state index contributed by atoms with van der Waals surface area (Å²) in [7, 11) is 0. The standard InChI is InChI=1S/C12H13N3O2/c16-12-9-11(17-10(14-9)7-4-5-7)13-8-3-1-2-6-15(8)12/h7H,1-6H2. The minimum atomic E-state index is -0.0275. The molecule has 0 saturated heterocycles. The number of fused-ring (bicyclic) bond motifs is 2. The lowest BCUT2D eigenvalue weighted by molar-refractivity contribution is 0.487. The predicted octanol–water partition coefficient (Wildman–Crippen LogP) is 1.60. The van der Waals surface area contributed by atoms with Crippen LogP contribution in [0.4, 0.5) is 0 Å². The molecule has 88 valence electrons. The first-order chi connectivity index (χ1) is 8.33. The Morgan fingerprint density at radius 1 is 1.24 bits per heavy atom. The Kier molecular flexibility index (Phi) is 1.76. The van der Waals surface area contributed by atoms with Crippen molar-refractivity contribution in [2.24, 2.45) is 0 Å². The highest BCUT2D eigenvalue weighted by molar-refractivity contribution is 5.66. The van der Waals surface area contributed by atoms with Crippen molar-refractivity contribution in [1.29, 1.82) is 0 Å². The van der Waals surface area contributed by atoms with Crippen molar-refractivity contribution in [3.05, 3.63) is 22.1 Å². The molecule has 2 aromatic rings. The summed E-state index contributed by atoms with van der Waals surface area (Å²) < 4.78 is 7.36. The minimum Gasteiger partial charge on any atom is -0.422 e. The highest BCUT2D eigenvalue weighted by Gasteiger charge is 2.30. The molecule has 0 N–H and O–H groups in total. The van der Waals surface area contributed by atoms with Gasteiger partial charge in [-0.3, -0.25) is 9.36 Å². The SMILES string of the molecule is O=c1c2nc(C3CC3)oc2nc2n1CCCC2. The lowest BCUT2D eigenvalue weighted by Crippen LogP contribution is -2.28. The topological polar surface area (TPSA) is 60.9 Å². The van der Waals surface area contributed by atoms with Crippen molar-refractivity contribution < 1.29 is 4.42 Å². The molecule has 2 aromatic heterocycles. The number of aryl methyl sites for hydroxylation is 1. The highest BCUT2D eigenvalue weighted by atomic mass is 16.4.